The number of hydrogen-bond donors (Lipinski definition) is 1. The monoisotopic (exact) mass is 305 g/mol. The van der Waals surface area contributed by atoms with Gasteiger partial charge in [0.1, 0.15) is 5.25 Å². The highest BCUT2D eigenvalue weighted by Gasteiger charge is 2.37. The molecular weight excluding hydrogens is 282 g/mol. The zero-order valence-corrected chi connectivity index (χ0v) is 12.9. The smallest absolute Gasteiger partial charge is 0.305 e. The lowest BCUT2D eigenvalue weighted by Crippen LogP contribution is -2.47. The number of aliphatic carboxylic acids is 1. The average molecular weight is 305 g/mol. The molecule has 1 heterocycles. The summed E-state index contributed by atoms with van der Waals surface area (Å²) >= 11 is 0. The first kappa shape index (κ1) is 16.9. The summed E-state index contributed by atoms with van der Waals surface area (Å²) in [5.74, 6) is -1.20. The first-order valence-electron chi connectivity index (χ1n) is 6.96. The van der Waals surface area contributed by atoms with Gasteiger partial charge in [-0.1, -0.05) is 20.3 Å². The number of carbonyl (C=O) groups is 2. The first-order valence-corrected chi connectivity index (χ1v) is 8.67. The number of carbonyl (C=O) groups excluding carboxylic acids is 1. The maximum Gasteiger partial charge on any atom is 0.305 e. The lowest BCUT2D eigenvalue weighted by molar-refractivity contribution is -0.138. The van der Waals surface area contributed by atoms with Gasteiger partial charge in [0.25, 0.3) is 0 Å². The molecule has 1 atom stereocenters. The van der Waals surface area contributed by atoms with Crippen LogP contribution < -0.4 is 0 Å². The normalized spacial score (nSPS) is 21.6. The molecule has 20 heavy (non-hydrogen) atoms. The molecule has 6 nitrogen and oxygen atoms in total. The molecule has 0 aromatic carbocycles. The minimum absolute atomic E-state index is 0.0534. The second-order valence-electron chi connectivity index (χ2n) is 5.67. The van der Waals surface area contributed by atoms with Gasteiger partial charge >= 0.3 is 5.97 Å². The fourth-order valence-electron chi connectivity index (χ4n) is 2.40. The van der Waals surface area contributed by atoms with Crippen LogP contribution in [0.1, 0.15) is 39.5 Å². The van der Waals surface area contributed by atoms with Crippen molar-refractivity contribution < 1.29 is 23.1 Å². The summed E-state index contributed by atoms with van der Waals surface area (Å²) in [5.41, 5.74) is 0. The molecule has 0 spiro atoms. The van der Waals surface area contributed by atoms with E-state index in [9.17, 15) is 18.0 Å². The topological polar surface area (TPSA) is 91.8 Å². The van der Waals surface area contributed by atoms with Crippen molar-refractivity contribution >= 4 is 21.7 Å². The van der Waals surface area contributed by atoms with Gasteiger partial charge in [0.2, 0.25) is 5.91 Å². The van der Waals surface area contributed by atoms with Crippen molar-refractivity contribution in [2.24, 2.45) is 5.92 Å². The summed E-state index contributed by atoms with van der Waals surface area (Å²) in [6.45, 7) is 4.28. The van der Waals surface area contributed by atoms with Crippen LogP contribution in [0.2, 0.25) is 0 Å². The maximum atomic E-state index is 12.4. The lowest BCUT2D eigenvalue weighted by Gasteiger charge is -2.30. The third kappa shape index (κ3) is 4.77. The average Bonchev–Trinajstić information content (AvgIpc) is 2.32. The number of carboxylic acids is 1. The van der Waals surface area contributed by atoms with Gasteiger partial charge in [-0.2, -0.15) is 0 Å². The van der Waals surface area contributed by atoms with Crippen LogP contribution in [0.3, 0.4) is 0 Å². The predicted octanol–water partition coefficient (Wildman–Crippen LogP) is 0.913. The molecule has 0 bridgehead atoms. The van der Waals surface area contributed by atoms with Crippen LogP contribution in [0.15, 0.2) is 0 Å². The molecule has 1 saturated heterocycles. The van der Waals surface area contributed by atoms with E-state index in [4.69, 9.17) is 5.11 Å². The van der Waals surface area contributed by atoms with Crippen LogP contribution in [-0.4, -0.2) is 54.4 Å². The molecular formula is C13H23NO5S. The summed E-state index contributed by atoms with van der Waals surface area (Å²) in [6, 6.07) is 0. The predicted molar refractivity (Wildman–Crippen MR) is 75.1 cm³/mol. The van der Waals surface area contributed by atoms with Gasteiger partial charge in [-0.05, 0) is 18.8 Å². The molecule has 1 aliphatic heterocycles. The molecule has 7 heteroatoms. The van der Waals surface area contributed by atoms with E-state index < -0.39 is 27.0 Å². The van der Waals surface area contributed by atoms with Gasteiger partial charge in [-0.25, -0.2) is 8.42 Å². The number of amides is 1. The van der Waals surface area contributed by atoms with Crippen LogP contribution in [0.5, 0.6) is 0 Å². The van der Waals surface area contributed by atoms with E-state index in [1.807, 2.05) is 13.8 Å². The number of rotatable bonds is 6. The van der Waals surface area contributed by atoms with Crippen molar-refractivity contribution in [3.63, 3.8) is 0 Å². The third-order valence-corrected chi connectivity index (χ3v) is 5.51. The second kappa shape index (κ2) is 7.06. The van der Waals surface area contributed by atoms with E-state index in [1.165, 1.54) is 4.90 Å². The fraction of sp³-hybridized carbons (Fsp3) is 0.846. The van der Waals surface area contributed by atoms with Crippen molar-refractivity contribution in [2.75, 3.05) is 18.8 Å². The van der Waals surface area contributed by atoms with Crippen LogP contribution in [0, 0.1) is 5.92 Å². The lowest BCUT2D eigenvalue weighted by atomic mass is 10.1. The highest BCUT2D eigenvalue weighted by molar-refractivity contribution is 7.92. The highest BCUT2D eigenvalue weighted by Crippen LogP contribution is 2.22. The van der Waals surface area contributed by atoms with Crippen molar-refractivity contribution in [1.82, 2.24) is 4.90 Å². The minimum atomic E-state index is -3.38. The molecule has 1 N–H and O–H groups in total. The molecule has 0 aromatic rings. The number of sulfone groups is 1. The molecule has 0 aliphatic carbocycles. The molecule has 0 saturated carbocycles. The Kier molecular flexibility index (Phi) is 5.98. The largest absolute Gasteiger partial charge is 0.481 e. The molecule has 1 fully saturated rings. The molecule has 1 rings (SSSR count). The Hall–Kier alpha value is -1.11. The Morgan fingerprint density at radius 1 is 1.30 bits per heavy atom. The number of nitrogens with zero attached hydrogens (tertiary/aromatic N) is 1. The van der Waals surface area contributed by atoms with E-state index >= 15 is 0 Å². The summed E-state index contributed by atoms with van der Waals surface area (Å²) in [6.07, 6.45) is 1.52. The Morgan fingerprint density at radius 3 is 2.45 bits per heavy atom. The van der Waals surface area contributed by atoms with E-state index in [0.717, 1.165) is 6.42 Å². The Labute approximate surface area is 120 Å². The summed E-state index contributed by atoms with van der Waals surface area (Å²) in [4.78, 5) is 24.5. The second-order valence-corrected chi connectivity index (χ2v) is 7.98. The standard InChI is InChI=1S/C13H23NO5S/c1-10(2)9-14(7-6-12(15)16)13(17)11-5-3-4-8-20(11,18)19/h10-11H,3-9H2,1-2H3,(H,15,16). The third-order valence-electron chi connectivity index (χ3n) is 3.35. The van der Waals surface area contributed by atoms with Crippen LogP contribution in [-0.2, 0) is 19.4 Å². The summed E-state index contributed by atoms with van der Waals surface area (Å²) in [5, 5.41) is 7.75. The molecule has 0 radical (unpaired) electrons. The van der Waals surface area contributed by atoms with Crippen LogP contribution in [0.25, 0.3) is 0 Å². The SMILES string of the molecule is CC(C)CN(CCC(=O)O)C(=O)C1CCCCS1(=O)=O. The Morgan fingerprint density at radius 2 is 1.95 bits per heavy atom. The van der Waals surface area contributed by atoms with Crippen molar-refractivity contribution in [1.29, 1.82) is 0 Å². The van der Waals surface area contributed by atoms with E-state index in [0.29, 0.717) is 19.4 Å². The molecule has 1 amide bonds. The van der Waals surface area contributed by atoms with Crippen LogP contribution >= 0.6 is 0 Å². The fourth-order valence-corrected chi connectivity index (χ4v) is 4.27. The maximum absolute atomic E-state index is 12.4. The quantitative estimate of drug-likeness (QED) is 0.787. The van der Waals surface area contributed by atoms with Crippen LogP contribution in [0.4, 0.5) is 0 Å². The Bertz CT molecular complexity index is 457. The van der Waals surface area contributed by atoms with Gasteiger partial charge in [-0.3, -0.25) is 9.59 Å². The first-order chi connectivity index (χ1) is 9.24. The summed E-state index contributed by atoms with van der Waals surface area (Å²) < 4.78 is 24.0. The molecule has 116 valence electrons. The molecule has 1 unspecified atom stereocenters. The van der Waals surface area contributed by atoms with E-state index in [-0.39, 0.29) is 24.6 Å². The van der Waals surface area contributed by atoms with Gasteiger partial charge in [0.05, 0.1) is 12.2 Å². The van der Waals surface area contributed by atoms with E-state index in [2.05, 4.69) is 0 Å². The van der Waals surface area contributed by atoms with Gasteiger partial charge in [-0.15, -0.1) is 0 Å². The van der Waals surface area contributed by atoms with Gasteiger partial charge in [0, 0.05) is 13.1 Å². The van der Waals surface area contributed by atoms with Gasteiger partial charge in [0.15, 0.2) is 9.84 Å². The summed E-state index contributed by atoms with van der Waals surface area (Å²) in [7, 11) is -3.38. The van der Waals surface area contributed by atoms with Crippen molar-refractivity contribution in [3.8, 4) is 0 Å². The molecule has 1 aliphatic rings. The molecule has 0 aromatic heterocycles. The zero-order chi connectivity index (χ0) is 15.3. The van der Waals surface area contributed by atoms with Crippen molar-refractivity contribution in [3.05, 3.63) is 0 Å². The number of carboxylic acid groups (broad SMARTS) is 1. The number of hydrogen-bond acceptors (Lipinski definition) is 4. The van der Waals surface area contributed by atoms with E-state index in [1.54, 1.807) is 0 Å². The van der Waals surface area contributed by atoms with Crippen molar-refractivity contribution in [2.45, 2.75) is 44.8 Å². The minimum Gasteiger partial charge on any atom is -0.481 e. The zero-order valence-electron chi connectivity index (χ0n) is 12.0. The highest BCUT2D eigenvalue weighted by atomic mass is 32.2. The Balaban J connectivity index is 2.82. The van der Waals surface area contributed by atoms with Gasteiger partial charge < -0.3 is 10.0 Å².